The van der Waals surface area contributed by atoms with E-state index in [0.29, 0.717) is 19.1 Å². The first-order valence-electron chi connectivity index (χ1n) is 6.69. The van der Waals surface area contributed by atoms with Crippen molar-refractivity contribution in [3.05, 3.63) is 34.6 Å². The third kappa shape index (κ3) is 4.42. The van der Waals surface area contributed by atoms with Crippen LogP contribution in [-0.2, 0) is 6.54 Å². The fourth-order valence-electron chi connectivity index (χ4n) is 2.50. The van der Waals surface area contributed by atoms with Gasteiger partial charge < -0.3 is 10.4 Å². The molecule has 1 aromatic carbocycles. The lowest BCUT2D eigenvalue weighted by Gasteiger charge is -2.25. The minimum atomic E-state index is -0.387. The Morgan fingerprint density at radius 1 is 1.47 bits per heavy atom. The van der Waals surface area contributed by atoms with Crippen molar-refractivity contribution in [2.75, 3.05) is 26.2 Å². The third-order valence-corrected chi connectivity index (χ3v) is 3.75. The summed E-state index contributed by atoms with van der Waals surface area (Å²) in [4.78, 5) is 2.14. The van der Waals surface area contributed by atoms with Gasteiger partial charge in [-0.1, -0.05) is 17.7 Å². The molecule has 106 valence electrons. The lowest BCUT2D eigenvalue weighted by molar-refractivity contribution is 0.179. The summed E-state index contributed by atoms with van der Waals surface area (Å²) in [5, 5.41) is 12.7. The molecule has 1 aliphatic rings. The first-order chi connectivity index (χ1) is 9.19. The summed E-state index contributed by atoms with van der Waals surface area (Å²) < 4.78 is 13.4. The van der Waals surface area contributed by atoms with Crippen molar-refractivity contribution < 1.29 is 9.50 Å². The number of nitrogens with zero attached hydrogens (tertiary/aromatic N) is 1. The molecule has 2 N–H and O–H groups in total. The van der Waals surface area contributed by atoms with E-state index in [1.54, 1.807) is 6.07 Å². The SMILES string of the molecule is OCCN(Cc1ccc(Cl)c(F)c1)CC1CCCN1. The van der Waals surface area contributed by atoms with Crippen LogP contribution in [0.5, 0.6) is 0 Å². The fourth-order valence-corrected chi connectivity index (χ4v) is 2.61. The number of rotatable bonds is 6. The number of halogens is 2. The summed E-state index contributed by atoms with van der Waals surface area (Å²) in [5.41, 5.74) is 0.883. The quantitative estimate of drug-likeness (QED) is 0.840. The summed E-state index contributed by atoms with van der Waals surface area (Å²) in [6, 6.07) is 5.35. The van der Waals surface area contributed by atoms with Crippen molar-refractivity contribution in [3.8, 4) is 0 Å². The Labute approximate surface area is 118 Å². The first-order valence-corrected chi connectivity index (χ1v) is 7.07. The van der Waals surface area contributed by atoms with Crippen molar-refractivity contribution >= 4 is 11.6 Å². The second kappa shape index (κ2) is 7.20. The highest BCUT2D eigenvalue weighted by atomic mass is 35.5. The Morgan fingerprint density at radius 2 is 2.32 bits per heavy atom. The van der Waals surface area contributed by atoms with Crippen LogP contribution in [0.25, 0.3) is 0 Å². The zero-order valence-electron chi connectivity index (χ0n) is 10.9. The molecule has 1 heterocycles. The Balaban J connectivity index is 1.96. The number of hydrogen-bond acceptors (Lipinski definition) is 3. The van der Waals surface area contributed by atoms with Crippen LogP contribution in [0.3, 0.4) is 0 Å². The molecule has 0 aromatic heterocycles. The van der Waals surface area contributed by atoms with Crippen molar-refractivity contribution in [3.63, 3.8) is 0 Å². The topological polar surface area (TPSA) is 35.5 Å². The van der Waals surface area contributed by atoms with Crippen LogP contribution in [-0.4, -0.2) is 42.3 Å². The monoisotopic (exact) mass is 286 g/mol. The van der Waals surface area contributed by atoms with E-state index in [0.717, 1.165) is 25.1 Å². The van der Waals surface area contributed by atoms with Gasteiger partial charge in [0.05, 0.1) is 11.6 Å². The van der Waals surface area contributed by atoms with Gasteiger partial charge in [-0.15, -0.1) is 0 Å². The van der Waals surface area contributed by atoms with E-state index in [4.69, 9.17) is 16.7 Å². The van der Waals surface area contributed by atoms with Crippen LogP contribution >= 0.6 is 11.6 Å². The second-order valence-electron chi connectivity index (χ2n) is 5.00. The van der Waals surface area contributed by atoms with Crippen LogP contribution in [0, 0.1) is 5.82 Å². The van der Waals surface area contributed by atoms with E-state index in [9.17, 15) is 4.39 Å². The maximum Gasteiger partial charge on any atom is 0.142 e. The van der Waals surface area contributed by atoms with Gasteiger partial charge in [-0.05, 0) is 37.1 Å². The van der Waals surface area contributed by atoms with Crippen LogP contribution in [0.4, 0.5) is 4.39 Å². The maximum atomic E-state index is 13.4. The Kier molecular flexibility index (Phi) is 5.58. The molecule has 1 saturated heterocycles. The number of hydrogen-bond donors (Lipinski definition) is 2. The molecular formula is C14H20ClFN2O. The van der Waals surface area contributed by atoms with Gasteiger partial charge in [0.1, 0.15) is 5.82 Å². The van der Waals surface area contributed by atoms with Gasteiger partial charge in [-0.3, -0.25) is 4.90 Å². The molecule has 2 rings (SSSR count). The summed E-state index contributed by atoms with van der Waals surface area (Å²) in [5.74, 6) is -0.387. The van der Waals surface area contributed by atoms with Gasteiger partial charge in [0.2, 0.25) is 0 Å². The van der Waals surface area contributed by atoms with Crippen molar-refractivity contribution in [1.82, 2.24) is 10.2 Å². The van der Waals surface area contributed by atoms with Gasteiger partial charge >= 0.3 is 0 Å². The van der Waals surface area contributed by atoms with E-state index in [-0.39, 0.29) is 17.4 Å². The van der Waals surface area contributed by atoms with E-state index in [1.807, 2.05) is 6.07 Å². The molecule has 0 amide bonds. The number of benzene rings is 1. The molecule has 0 saturated carbocycles. The highest BCUT2D eigenvalue weighted by Gasteiger charge is 2.18. The van der Waals surface area contributed by atoms with Gasteiger partial charge in [0.15, 0.2) is 0 Å². The Hall–Kier alpha value is -0.680. The molecular weight excluding hydrogens is 267 g/mol. The highest BCUT2D eigenvalue weighted by Crippen LogP contribution is 2.17. The average molecular weight is 287 g/mol. The van der Waals surface area contributed by atoms with Crippen molar-refractivity contribution in [2.45, 2.75) is 25.4 Å². The Bertz CT molecular complexity index is 410. The molecule has 5 heteroatoms. The second-order valence-corrected chi connectivity index (χ2v) is 5.41. The first kappa shape index (κ1) is 14.7. The normalized spacial score (nSPS) is 19.3. The molecule has 0 radical (unpaired) electrons. The molecule has 1 atom stereocenters. The van der Waals surface area contributed by atoms with Gasteiger partial charge in [-0.2, -0.15) is 0 Å². The van der Waals surface area contributed by atoms with Crippen LogP contribution in [0.1, 0.15) is 18.4 Å². The van der Waals surface area contributed by atoms with Gasteiger partial charge in [0, 0.05) is 25.7 Å². The van der Waals surface area contributed by atoms with E-state index < -0.39 is 0 Å². The van der Waals surface area contributed by atoms with E-state index in [2.05, 4.69) is 10.2 Å². The molecule has 0 bridgehead atoms. The number of aliphatic hydroxyl groups excluding tert-OH is 1. The summed E-state index contributed by atoms with van der Waals surface area (Å²) >= 11 is 5.68. The lowest BCUT2D eigenvalue weighted by Crippen LogP contribution is -2.38. The molecule has 0 spiro atoms. The average Bonchev–Trinajstić information content (AvgIpc) is 2.87. The molecule has 1 fully saturated rings. The molecule has 1 aromatic rings. The molecule has 3 nitrogen and oxygen atoms in total. The maximum absolute atomic E-state index is 13.4. The zero-order chi connectivity index (χ0) is 13.7. The minimum absolute atomic E-state index is 0.114. The summed E-state index contributed by atoms with van der Waals surface area (Å²) in [7, 11) is 0. The number of nitrogens with one attached hydrogen (secondary N) is 1. The number of aliphatic hydroxyl groups is 1. The lowest BCUT2D eigenvalue weighted by atomic mass is 10.1. The predicted octanol–water partition coefficient (Wildman–Crippen LogP) is 2.03. The molecule has 0 aliphatic carbocycles. The summed E-state index contributed by atoms with van der Waals surface area (Å²) in [6.07, 6.45) is 2.37. The smallest absolute Gasteiger partial charge is 0.142 e. The standard InChI is InChI=1S/C14H20ClFN2O/c15-13-4-3-11(8-14(13)16)9-18(6-7-19)10-12-2-1-5-17-12/h3-4,8,12,17,19H,1-2,5-7,9-10H2. The highest BCUT2D eigenvalue weighted by molar-refractivity contribution is 6.30. The molecule has 1 aliphatic heterocycles. The summed E-state index contributed by atoms with van der Waals surface area (Å²) in [6.45, 7) is 3.29. The zero-order valence-corrected chi connectivity index (χ0v) is 11.7. The van der Waals surface area contributed by atoms with E-state index >= 15 is 0 Å². The molecule has 1 unspecified atom stereocenters. The largest absolute Gasteiger partial charge is 0.395 e. The van der Waals surface area contributed by atoms with Crippen LogP contribution in [0.2, 0.25) is 5.02 Å². The van der Waals surface area contributed by atoms with Crippen LogP contribution in [0.15, 0.2) is 18.2 Å². The third-order valence-electron chi connectivity index (χ3n) is 3.45. The fraction of sp³-hybridized carbons (Fsp3) is 0.571. The van der Waals surface area contributed by atoms with Crippen molar-refractivity contribution in [2.24, 2.45) is 0 Å². The molecule has 19 heavy (non-hydrogen) atoms. The predicted molar refractivity (Wildman–Crippen MR) is 74.8 cm³/mol. The van der Waals surface area contributed by atoms with Crippen LogP contribution < -0.4 is 5.32 Å². The van der Waals surface area contributed by atoms with E-state index in [1.165, 1.54) is 12.5 Å². The van der Waals surface area contributed by atoms with Crippen molar-refractivity contribution in [1.29, 1.82) is 0 Å². The van der Waals surface area contributed by atoms with Gasteiger partial charge in [-0.25, -0.2) is 4.39 Å². The Morgan fingerprint density at radius 3 is 2.95 bits per heavy atom. The van der Waals surface area contributed by atoms with Gasteiger partial charge in [0.25, 0.3) is 0 Å². The minimum Gasteiger partial charge on any atom is -0.395 e.